The Bertz CT molecular complexity index is 595. The van der Waals surface area contributed by atoms with Gasteiger partial charge >= 0.3 is 5.91 Å². The van der Waals surface area contributed by atoms with Crippen molar-refractivity contribution in [1.82, 2.24) is 5.43 Å². The molecule has 1 heterocycles. The van der Waals surface area contributed by atoms with Crippen LogP contribution in [0, 0.1) is 6.92 Å². The second kappa shape index (κ2) is 5.90. The number of carbonyl (C=O) groups is 1. The molecule has 0 bridgehead atoms. The SMILES string of the molecule is Cc1oc(C(=O)NN)cc1COc1cccc(Br)c1. The third-order valence-electron chi connectivity index (χ3n) is 2.57. The highest BCUT2D eigenvalue weighted by molar-refractivity contribution is 9.10. The average Bonchev–Trinajstić information content (AvgIpc) is 2.77. The minimum Gasteiger partial charge on any atom is -0.489 e. The van der Waals surface area contributed by atoms with E-state index in [0.717, 1.165) is 15.8 Å². The minimum atomic E-state index is -0.461. The molecule has 0 unspecified atom stereocenters. The van der Waals surface area contributed by atoms with Crippen LogP contribution in [0.2, 0.25) is 0 Å². The fraction of sp³-hybridized carbons (Fsp3) is 0.154. The zero-order chi connectivity index (χ0) is 13.8. The Morgan fingerprint density at radius 3 is 2.95 bits per heavy atom. The lowest BCUT2D eigenvalue weighted by molar-refractivity contribution is 0.0924. The molecule has 2 rings (SSSR count). The summed E-state index contributed by atoms with van der Waals surface area (Å²) in [5.41, 5.74) is 2.83. The van der Waals surface area contributed by atoms with Gasteiger partial charge in [-0.05, 0) is 31.2 Å². The fourth-order valence-corrected chi connectivity index (χ4v) is 1.94. The molecule has 0 fully saturated rings. The van der Waals surface area contributed by atoms with E-state index < -0.39 is 5.91 Å². The quantitative estimate of drug-likeness (QED) is 0.514. The van der Waals surface area contributed by atoms with Crippen LogP contribution >= 0.6 is 15.9 Å². The number of furan rings is 1. The van der Waals surface area contributed by atoms with E-state index in [2.05, 4.69) is 15.9 Å². The standard InChI is InChI=1S/C13H13BrN2O3/c1-8-9(5-12(19-8)13(17)16-15)7-18-11-4-2-3-10(14)6-11/h2-6H,7,15H2,1H3,(H,16,17). The van der Waals surface area contributed by atoms with Crippen LogP contribution in [0.15, 0.2) is 39.2 Å². The van der Waals surface area contributed by atoms with Gasteiger partial charge in [0.15, 0.2) is 5.76 Å². The number of hydrazine groups is 1. The average molecular weight is 325 g/mol. The summed E-state index contributed by atoms with van der Waals surface area (Å²) in [5, 5.41) is 0. The van der Waals surface area contributed by atoms with Crippen molar-refractivity contribution in [2.24, 2.45) is 5.84 Å². The molecule has 0 aliphatic carbocycles. The normalized spacial score (nSPS) is 10.3. The van der Waals surface area contributed by atoms with Gasteiger partial charge in [0.25, 0.3) is 0 Å². The molecule has 2 aromatic rings. The van der Waals surface area contributed by atoms with Crippen molar-refractivity contribution >= 4 is 21.8 Å². The number of hydrogen-bond donors (Lipinski definition) is 2. The third kappa shape index (κ3) is 3.36. The molecule has 0 aliphatic rings. The van der Waals surface area contributed by atoms with E-state index in [4.69, 9.17) is 15.0 Å². The first-order chi connectivity index (χ1) is 9.10. The highest BCUT2D eigenvalue weighted by Crippen LogP contribution is 2.21. The molecular formula is C13H13BrN2O3. The molecule has 0 aliphatic heterocycles. The molecular weight excluding hydrogens is 312 g/mol. The van der Waals surface area contributed by atoms with Gasteiger partial charge < -0.3 is 9.15 Å². The number of halogens is 1. The summed E-state index contributed by atoms with van der Waals surface area (Å²) in [7, 11) is 0. The van der Waals surface area contributed by atoms with Crippen molar-refractivity contribution in [1.29, 1.82) is 0 Å². The fourth-order valence-electron chi connectivity index (χ4n) is 1.56. The van der Waals surface area contributed by atoms with Gasteiger partial charge in [0.05, 0.1) is 0 Å². The molecule has 1 aromatic heterocycles. The molecule has 1 aromatic carbocycles. The zero-order valence-corrected chi connectivity index (χ0v) is 11.9. The van der Waals surface area contributed by atoms with Crippen molar-refractivity contribution < 1.29 is 13.9 Å². The highest BCUT2D eigenvalue weighted by atomic mass is 79.9. The number of nitrogen functional groups attached to an aromatic ring is 1. The lowest BCUT2D eigenvalue weighted by atomic mass is 10.2. The molecule has 0 atom stereocenters. The number of nitrogens with one attached hydrogen (secondary N) is 1. The van der Waals surface area contributed by atoms with Gasteiger partial charge in [0.1, 0.15) is 18.1 Å². The van der Waals surface area contributed by atoms with Gasteiger partial charge in [0.2, 0.25) is 0 Å². The summed E-state index contributed by atoms with van der Waals surface area (Å²) in [5.74, 6) is 6.13. The first-order valence-corrected chi connectivity index (χ1v) is 6.38. The Hall–Kier alpha value is -1.79. The summed E-state index contributed by atoms with van der Waals surface area (Å²) in [6, 6.07) is 9.14. The van der Waals surface area contributed by atoms with Gasteiger partial charge in [-0.25, -0.2) is 5.84 Å². The number of ether oxygens (including phenoxy) is 1. The van der Waals surface area contributed by atoms with Crippen LogP contribution in [0.4, 0.5) is 0 Å². The Kier molecular flexibility index (Phi) is 4.24. The molecule has 0 saturated heterocycles. The molecule has 0 radical (unpaired) electrons. The van der Waals surface area contributed by atoms with E-state index in [9.17, 15) is 4.79 Å². The maximum absolute atomic E-state index is 11.3. The largest absolute Gasteiger partial charge is 0.489 e. The molecule has 1 amide bonds. The van der Waals surface area contributed by atoms with Crippen LogP contribution in [-0.2, 0) is 6.61 Å². The summed E-state index contributed by atoms with van der Waals surface area (Å²) < 4.78 is 11.9. The number of nitrogens with two attached hydrogens (primary N) is 1. The van der Waals surface area contributed by atoms with Gasteiger partial charge in [-0.1, -0.05) is 22.0 Å². The lowest BCUT2D eigenvalue weighted by Crippen LogP contribution is -2.29. The first kappa shape index (κ1) is 13.6. The Morgan fingerprint density at radius 2 is 2.26 bits per heavy atom. The number of rotatable bonds is 4. The van der Waals surface area contributed by atoms with E-state index in [0.29, 0.717) is 12.4 Å². The van der Waals surface area contributed by atoms with E-state index in [1.165, 1.54) is 0 Å². The molecule has 0 spiro atoms. The molecule has 5 nitrogen and oxygen atoms in total. The smallest absolute Gasteiger partial charge is 0.300 e. The number of amides is 1. The summed E-state index contributed by atoms with van der Waals surface area (Å²) in [4.78, 5) is 11.3. The van der Waals surface area contributed by atoms with E-state index in [1.54, 1.807) is 13.0 Å². The Balaban J connectivity index is 2.07. The first-order valence-electron chi connectivity index (χ1n) is 5.59. The van der Waals surface area contributed by atoms with Crippen molar-refractivity contribution in [2.75, 3.05) is 0 Å². The summed E-state index contributed by atoms with van der Waals surface area (Å²) in [6.45, 7) is 2.09. The van der Waals surface area contributed by atoms with Crippen LogP contribution in [-0.4, -0.2) is 5.91 Å². The predicted octanol–water partition coefficient (Wildman–Crippen LogP) is 2.53. The number of carbonyl (C=O) groups excluding carboxylic acids is 1. The summed E-state index contributed by atoms with van der Waals surface area (Å²) in [6.07, 6.45) is 0. The monoisotopic (exact) mass is 324 g/mol. The second-order valence-corrected chi connectivity index (χ2v) is 4.83. The maximum Gasteiger partial charge on any atom is 0.300 e. The topological polar surface area (TPSA) is 77.5 Å². The van der Waals surface area contributed by atoms with Crippen molar-refractivity contribution in [2.45, 2.75) is 13.5 Å². The minimum absolute atomic E-state index is 0.174. The maximum atomic E-state index is 11.3. The molecule has 6 heteroatoms. The van der Waals surface area contributed by atoms with Gasteiger partial charge in [0, 0.05) is 10.0 Å². The molecule has 100 valence electrons. The molecule has 3 N–H and O–H groups in total. The lowest BCUT2D eigenvalue weighted by Gasteiger charge is -2.05. The van der Waals surface area contributed by atoms with E-state index in [-0.39, 0.29) is 5.76 Å². The van der Waals surface area contributed by atoms with E-state index >= 15 is 0 Å². The van der Waals surface area contributed by atoms with Gasteiger partial charge in [-0.3, -0.25) is 10.2 Å². The van der Waals surface area contributed by atoms with Crippen LogP contribution in [0.3, 0.4) is 0 Å². The number of benzene rings is 1. The Morgan fingerprint density at radius 1 is 1.47 bits per heavy atom. The third-order valence-corrected chi connectivity index (χ3v) is 3.06. The van der Waals surface area contributed by atoms with Crippen LogP contribution < -0.4 is 16.0 Å². The Labute approximate surface area is 118 Å². The summed E-state index contributed by atoms with van der Waals surface area (Å²) >= 11 is 3.37. The van der Waals surface area contributed by atoms with Gasteiger partial charge in [-0.2, -0.15) is 0 Å². The molecule has 0 saturated carbocycles. The zero-order valence-electron chi connectivity index (χ0n) is 10.3. The molecule has 19 heavy (non-hydrogen) atoms. The van der Waals surface area contributed by atoms with Crippen molar-refractivity contribution in [3.8, 4) is 5.75 Å². The predicted molar refractivity (Wildman–Crippen MR) is 73.6 cm³/mol. The second-order valence-electron chi connectivity index (χ2n) is 3.91. The van der Waals surface area contributed by atoms with E-state index in [1.807, 2.05) is 29.7 Å². The van der Waals surface area contributed by atoms with Crippen LogP contribution in [0.5, 0.6) is 5.75 Å². The van der Waals surface area contributed by atoms with Crippen LogP contribution in [0.1, 0.15) is 21.9 Å². The van der Waals surface area contributed by atoms with Crippen molar-refractivity contribution in [3.05, 3.63) is 51.9 Å². The highest BCUT2D eigenvalue weighted by Gasteiger charge is 2.13. The van der Waals surface area contributed by atoms with Crippen LogP contribution in [0.25, 0.3) is 0 Å². The van der Waals surface area contributed by atoms with Crippen molar-refractivity contribution in [3.63, 3.8) is 0 Å². The number of aryl methyl sites for hydroxylation is 1. The number of hydrogen-bond acceptors (Lipinski definition) is 4. The van der Waals surface area contributed by atoms with Gasteiger partial charge in [-0.15, -0.1) is 0 Å².